The Morgan fingerprint density at radius 3 is 2.11 bits per heavy atom. The number of ether oxygens (including phenoxy) is 1. The topological polar surface area (TPSA) is 73.6 Å². The number of rotatable bonds is 4. The maximum Gasteiger partial charge on any atom is 0.410 e. The summed E-state index contributed by atoms with van der Waals surface area (Å²) in [5.74, 6) is 0.0355. The van der Waals surface area contributed by atoms with Crippen molar-refractivity contribution in [3.63, 3.8) is 0 Å². The van der Waals surface area contributed by atoms with Crippen LogP contribution in [0.4, 0.5) is 4.79 Å². The number of aliphatic hydroxyl groups is 1. The van der Waals surface area contributed by atoms with Gasteiger partial charge in [0.2, 0.25) is 0 Å². The molecule has 0 radical (unpaired) electrons. The minimum Gasteiger partial charge on any atom is -0.448 e. The van der Waals surface area contributed by atoms with Gasteiger partial charge in [-0.1, -0.05) is 72.8 Å². The van der Waals surface area contributed by atoms with E-state index in [1.54, 1.807) is 0 Å². The van der Waals surface area contributed by atoms with E-state index in [0.29, 0.717) is 19.4 Å². The van der Waals surface area contributed by atoms with Gasteiger partial charge in [-0.05, 0) is 59.1 Å². The smallest absolute Gasteiger partial charge is 0.410 e. The Bertz CT molecular complexity index is 1380. The van der Waals surface area contributed by atoms with Crippen molar-refractivity contribution < 1.29 is 14.6 Å². The van der Waals surface area contributed by atoms with E-state index in [-0.39, 0.29) is 29.5 Å². The Balaban J connectivity index is 1.08. The number of hydrogen-bond donors (Lipinski definition) is 1. The monoisotopic (exact) mass is 490 g/mol. The highest BCUT2D eigenvalue weighted by Crippen LogP contribution is 2.51. The van der Waals surface area contributed by atoms with Crippen LogP contribution in [-0.4, -0.2) is 34.8 Å². The quantitative estimate of drug-likeness (QED) is 0.486. The minimum atomic E-state index is -0.993. The van der Waals surface area contributed by atoms with Crippen molar-refractivity contribution >= 4 is 6.09 Å². The second-order valence-electron chi connectivity index (χ2n) is 11.3. The van der Waals surface area contributed by atoms with Crippen molar-refractivity contribution in [2.75, 3.05) is 6.61 Å². The summed E-state index contributed by atoms with van der Waals surface area (Å²) >= 11 is 0. The number of amides is 1. The molecule has 2 aliphatic heterocycles. The number of hydrogen-bond acceptors (Lipinski definition) is 4. The van der Waals surface area contributed by atoms with Crippen LogP contribution in [0.1, 0.15) is 66.7 Å². The number of nitriles is 1. The average molecular weight is 491 g/mol. The lowest BCUT2D eigenvalue weighted by Gasteiger charge is -2.43. The van der Waals surface area contributed by atoms with E-state index in [1.165, 1.54) is 22.3 Å². The first kappa shape index (κ1) is 22.6. The lowest BCUT2D eigenvalue weighted by Crippen LogP contribution is -2.52. The van der Waals surface area contributed by atoms with Gasteiger partial charge in [0.15, 0.2) is 0 Å². The molecule has 1 N–H and O–H groups in total. The van der Waals surface area contributed by atoms with Gasteiger partial charge in [-0.25, -0.2) is 4.79 Å². The lowest BCUT2D eigenvalue weighted by atomic mass is 9.79. The molecule has 5 heteroatoms. The number of fused-ring (bicyclic) bond motifs is 5. The van der Waals surface area contributed by atoms with Gasteiger partial charge in [0.25, 0.3) is 0 Å². The molecule has 1 saturated carbocycles. The van der Waals surface area contributed by atoms with Gasteiger partial charge >= 0.3 is 6.09 Å². The molecule has 2 saturated heterocycles. The van der Waals surface area contributed by atoms with Crippen molar-refractivity contribution in [2.45, 2.75) is 67.5 Å². The summed E-state index contributed by atoms with van der Waals surface area (Å²) in [6.45, 7) is 0.311. The molecule has 37 heavy (non-hydrogen) atoms. The lowest BCUT2D eigenvalue weighted by molar-refractivity contribution is -0.0531. The van der Waals surface area contributed by atoms with Crippen LogP contribution in [0.2, 0.25) is 0 Å². The van der Waals surface area contributed by atoms with Crippen molar-refractivity contribution in [1.29, 1.82) is 5.26 Å². The Morgan fingerprint density at radius 2 is 1.51 bits per heavy atom. The van der Waals surface area contributed by atoms with E-state index < -0.39 is 5.60 Å². The maximum atomic E-state index is 13.4. The maximum absolute atomic E-state index is 13.4. The molecule has 186 valence electrons. The van der Waals surface area contributed by atoms with Crippen LogP contribution in [0, 0.1) is 11.3 Å². The summed E-state index contributed by atoms with van der Waals surface area (Å²) in [6.07, 6.45) is 4.23. The van der Waals surface area contributed by atoms with Crippen molar-refractivity contribution in [3.8, 4) is 17.2 Å². The van der Waals surface area contributed by atoms with E-state index in [1.807, 2.05) is 41.3 Å². The molecule has 0 spiro atoms. The van der Waals surface area contributed by atoms with Gasteiger partial charge in [0.05, 0.1) is 17.1 Å². The Kier molecular flexibility index (Phi) is 5.00. The predicted molar refractivity (Wildman–Crippen MR) is 140 cm³/mol. The van der Waals surface area contributed by atoms with Crippen LogP contribution in [0.3, 0.4) is 0 Å². The fourth-order valence-electron chi connectivity index (χ4n) is 7.12. The normalized spacial score (nSPS) is 26.8. The summed E-state index contributed by atoms with van der Waals surface area (Å²) in [7, 11) is 0. The van der Waals surface area contributed by atoms with Crippen molar-refractivity contribution in [3.05, 3.63) is 95.1 Å². The summed E-state index contributed by atoms with van der Waals surface area (Å²) in [4.78, 5) is 15.3. The van der Waals surface area contributed by atoms with Crippen LogP contribution < -0.4 is 0 Å². The highest BCUT2D eigenvalue weighted by molar-refractivity contribution is 5.79. The molecule has 3 aromatic rings. The van der Waals surface area contributed by atoms with E-state index in [2.05, 4.69) is 42.5 Å². The van der Waals surface area contributed by atoms with Gasteiger partial charge in [-0.15, -0.1) is 0 Å². The van der Waals surface area contributed by atoms with Gasteiger partial charge in [0.1, 0.15) is 6.61 Å². The predicted octanol–water partition coefficient (Wildman–Crippen LogP) is 6.01. The van der Waals surface area contributed by atoms with Gasteiger partial charge < -0.3 is 14.7 Å². The molecule has 1 amide bonds. The fourth-order valence-corrected chi connectivity index (χ4v) is 7.12. The van der Waals surface area contributed by atoms with Crippen LogP contribution >= 0.6 is 0 Å². The van der Waals surface area contributed by atoms with E-state index in [0.717, 1.165) is 36.8 Å². The van der Waals surface area contributed by atoms with E-state index in [4.69, 9.17) is 4.74 Å². The van der Waals surface area contributed by atoms with Crippen molar-refractivity contribution in [1.82, 2.24) is 4.90 Å². The second-order valence-corrected chi connectivity index (χ2v) is 11.3. The summed E-state index contributed by atoms with van der Waals surface area (Å²) in [6, 6.07) is 27.1. The zero-order chi connectivity index (χ0) is 25.2. The third kappa shape index (κ3) is 3.50. The second kappa shape index (κ2) is 8.19. The summed E-state index contributed by atoms with van der Waals surface area (Å²) in [5, 5.41) is 21.4. The molecule has 7 rings (SSSR count). The molecule has 2 aliphatic carbocycles. The van der Waals surface area contributed by atoms with Crippen LogP contribution in [0.5, 0.6) is 0 Å². The molecule has 2 atom stereocenters. The number of benzene rings is 3. The number of piperidine rings is 1. The summed E-state index contributed by atoms with van der Waals surface area (Å²) < 4.78 is 5.99. The average Bonchev–Trinajstić information content (AvgIpc) is 3.60. The van der Waals surface area contributed by atoms with Crippen LogP contribution in [0.15, 0.2) is 72.8 Å². The largest absolute Gasteiger partial charge is 0.448 e. The zero-order valence-electron chi connectivity index (χ0n) is 20.8. The molecule has 3 fully saturated rings. The Hall–Kier alpha value is -3.62. The van der Waals surface area contributed by atoms with Crippen LogP contribution in [0.25, 0.3) is 11.1 Å². The molecule has 2 unspecified atom stereocenters. The van der Waals surface area contributed by atoms with Gasteiger partial charge in [-0.2, -0.15) is 5.26 Å². The zero-order valence-corrected chi connectivity index (χ0v) is 20.8. The third-order valence-corrected chi connectivity index (χ3v) is 9.23. The minimum absolute atomic E-state index is 0.0355. The molecule has 3 aromatic carbocycles. The third-order valence-electron chi connectivity index (χ3n) is 9.23. The molecular formula is C32H30N2O3. The molecule has 2 bridgehead atoms. The molecule has 4 aliphatic rings. The molecular weight excluding hydrogens is 460 g/mol. The molecule has 5 nitrogen and oxygen atoms in total. The highest BCUT2D eigenvalue weighted by Gasteiger charge is 2.51. The fraction of sp³-hybridized carbons (Fsp3) is 0.375. The van der Waals surface area contributed by atoms with Crippen molar-refractivity contribution in [2.24, 2.45) is 0 Å². The van der Waals surface area contributed by atoms with Gasteiger partial charge in [0, 0.05) is 30.8 Å². The van der Waals surface area contributed by atoms with Gasteiger partial charge in [-0.3, -0.25) is 0 Å². The highest BCUT2D eigenvalue weighted by atomic mass is 16.6. The first-order valence-electron chi connectivity index (χ1n) is 13.4. The summed E-state index contributed by atoms with van der Waals surface area (Å²) in [5.41, 5.74) is 5.35. The number of carbonyl (C=O) groups excluding carboxylic acids is 1. The molecule has 0 aromatic heterocycles. The Labute approximate surface area is 217 Å². The molecule has 2 heterocycles. The van der Waals surface area contributed by atoms with Crippen LogP contribution in [-0.2, 0) is 15.8 Å². The number of carbonyl (C=O) groups is 1. The van der Waals surface area contributed by atoms with E-state index in [9.17, 15) is 15.2 Å². The SMILES string of the molecule is N#CC1(c2cccc(C3(O)CC4CCC(C3)N4C(=O)OCC3c4ccccc4-c4ccccc43)c2)CC1. The first-order valence-corrected chi connectivity index (χ1v) is 13.4. The standard InChI is InChI=1S/C32H30N2O3/c33-20-31(14-15-31)21-6-5-7-22(16-21)32(36)17-23-12-13-24(18-32)34(23)30(35)37-19-29-27-10-3-1-8-25(27)26-9-2-4-11-28(26)29/h1-11,16,23-24,29,36H,12-15,17-19H2. The number of nitrogens with zero attached hydrogens (tertiary/aromatic N) is 2. The first-order chi connectivity index (χ1) is 18.0. The van der Waals surface area contributed by atoms with E-state index >= 15 is 0 Å². The Morgan fingerprint density at radius 1 is 0.919 bits per heavy atom.